The molecule has 3 heterocycles. The van der Waals surface area contributed by atoms with E-state index in [4.69, 9.17) is 0 Å². The smallest absolute Gasteiger partial charge is 0.313 e. The fourth-order valence-electron chi connectivity index (χ4n) is 3.18. The first-order valence-corrected chi connectivity index (χ1v) is 6.80. The van der Waals surface area contributed by atoms with Crippen molar-refractivity contribution in [1.82, 2.24) is 15.1 Å². The molecule has 98 valence electrons. The first-order chi connectivity index (χ1) is 8.51. The van der Waals surface area contributed by atoms with Gasteiger partial charge in [-0.15, -0.1) is 10.2 Å². The van der Waals surface area contributed by atoms with Crippen molar-refractivity contribution < 1.29 is 9.90 Å². The minimum Gasteiger partial charge on any atom is -0.481 e. The van der Waals surface area contributed by atoms with Crippen LogP contribution >= 0.6 is 11.3 Å². The Hall–Kier alpha value is -1.21. The van der Waals surface area contributed by atoms with Gasteiger partial charge in [0.05, 0.1) is 0 Å². The van der Waals surface area contributed by atoms with Crippen molar-refractivity contribution >= 4 is 22.4 Å². The minimum atomic E-state index is -0.680. The van der Waals surface area contributed by atoms with Gasteiger partial charge in [-0.1, -0.05) is 11.3 Å². The van der Waals surface area contributed by atoms with Gasteiger partial charge < -0.3 is 14.9 Å². The highest BCUT2D eigenvalue weighted by Crippen LogP contribution is 2.44. The second-order valence-corrected chi connectivity index (χ2v) is 6.50. The lowest BCUT2D eigenvalue weighted by atomic mass is 9.81. The number of likely N-dealkylation sites (tertiary alicyclic amines) is 1. The summed E-state index contributed by atoms with van der Waals surface area (Å²) in [6.45, 7) is 4.71. The standard InChI is InChI=1S/C11H16N4O2S/c1-7-12-13-10(18-7)15-4-8-3-14(2)5-11(8,6-15)9(16)17/h8H,3-6H2,1-2H3,(H,16,17)/t8-,11-/m0/s1. The van der Waals surface area contributed by atoms with E-state index in [1.54, 1.807) is 0 Å². The van der Waals surface area contributed by atoms with E-state index in [2.05, 4.69) is 20.0 Å². The van der Waals surface area contributed by atoms with Crippen LogP contribution in [0.3, 0.4) is 0 Å². The molecule has 1 aromatic heterocycles. The topological polar surface area (TPSA) is 69.6 Å². The summed E-state index contributed by atoms with van der Waals surface area (Å²) in [7, 11) is 1.99. The molecule has 2 atom stereocenters. The predicted octanol–water partition coefficient (Wildman–Crippen LogP) is 0.299. The zero-order valence-electron chi connectivity index (χ0n) is 10.5. The van der Waals surface area contributed by atoms with Crippen molar-refractivity contribution in [3.63, 3.8) is 0 Å². The second-order valence-electron chi connectivity index (χ2n) is 5.34. The highest BCUT2D eigenvalue weighted by molar-refractivity contribution is 7.15. The molecule has 2 fully saturated rings. The molecule has 1 aromatic rings. The number of nitrogens with zero attached hydrogens (tertiary/aromatic N) is 4. The second kappa shape index (κ2) is 3.89. The zero-order chi connectivity index (χ0) is 12.9. The molecular formula is C11H16N4O2S. The highest BCUT2D eigenvalue weighted by atomic mass is 32.1. The largest absolute Gasteiger partial charge is 0.481 e. The van der Waals surface area contributed by atoms with Crippen LogP contribution in [0.1, 0.15) is 5.01 Å². The van der Waals surface area contributed by atoms with Crippen LogP contribution in [0.4, 0.5) is 5.13 Å². The van der Waals surface area contributed by atoms with Crippen molar-refractivity contribution in [3.05, 3.63) is 5.01 Å². The van der Waals surface area contributed by atoms with E-state index in [0.29, 0.717) is 13.1 Å². The Balaban J connectivity index is 1.87. The van der Waals surface area contributed by atoms with Crippen LogP contribution in [0.5, 0.6) is 0 Å². The molecule has 0 aromatic carbocycles. The minimum absolute atomic E-state index is 0.184. The Kier molecular flexibility index (Phi) is 2.56. The van der Waals surface area contributed by atoms with Crippen LogP contribution in [-0.2, 0) is 4.79 Å². The van der Waals surface area contributed by atoms with Crippen molar-refractivity contribution in [2.45, 2.75) is 6.92 Å². The van der Waals surface area contributed by atoms with E-state index < -0.39 is 11.4 Å². The Labute approximate surface area is 109 Å². The first kappa shape index (κ1) is 11.9. The maximum absolute atomic E-state index is 11.6. The Bertz CT molecular complexity index is 491. The molecule has 6 nitrogen and oxygen atoms in total. The number of rotatable bonds is 2. The lowest BCUT2D eigenvalue weighted by Gasteiger charge is -2.23. The van der Waals surface area contributed by atoms with Crippen molar-refractivity contribution in [1.29, 1.82) is 0 Å². The van der Waals surface area contributed by atoms with Crippen LogP contribution in [0, 0.1) is 18.3 Å². The number of carbonyl (C=O) groups is 1. The number of carboxylic acids is 1. The Morgan fingerprint density at radius 2 is 2.22 bits per heavy atom. The summed E-state index contributed by atoms with van der Waals surface area (Å²) in [4.78, 5) is 15.8. The number of hydrogen-bond acceptors (Lipinski definition) is 6. The third-order valence-electron chi connectivity index (χ3n) is 3.99. The third-order valence-corrected chi connectivity index (χ3v) is 4.89. The van der Waals surface area contributed by atoms with Gasteiger partial charge in [0.2, 0.25) is 5.13 Å². The molecule has 18 heavy (non-hydrogen) atoms. The maximum atomic E-state index is 11.6. The van der Waals surface area contributed by atoms with Gasteiger partial charge >= 0.3 is 5.97 Å². The molecule has 0 spiro atoms. The van der Waals surface area contributed by atoms with Crippen LogP contribution in [0.2, 0.25) is 0 Å². The van der Waals surface area contributed by atoms with Crippen molar-refractivity contribution in [3.8, 4) is 0 Å². The Morgan fingerprint density at radius 1 is 1.44 bits per heavy atom. The average molecular weight is 268 g/mol. The van der Waals surface area contributed by atoms with Crippen molar-refractivity contribution in [2.24, 2.45) is 11.3 Å². The van der Waals surface area contributed by atoms with Gasteiger partial charge in [0.25, 0.3) is 0 Å². The first-order valence-electron chi connectivity index (χ1n) is 5.98. The van der Waals surface area contributed by atoms with E-state index in [-0.39, 0.29) is 5.92 Å². The zero-order valence-corrected chi connectivity index (χ0v) is 11.3. The summed E-state index contributed by atoms with van der Waals surface area (Å²) in [6, 6.07) is 0. The summed E-state index contributed by atoms with van der Waals surface area (Å²) in [5.74, 6) is -0.496. The van der Waals surface area contributed by atoms with Crippen LogP contribution in [0.15, 0.2) is 0 Å². The summed E-state index contributed by atoms with van der Waals surface area (Å²) >= 11 is 1.53. The maximum Gasteiger partial charge on any atom is 0.313 e. The van der Waals surface area contributed by atoms with Gasteiger partial charge in [-0.05, 0) is 14.0 Å². The Morgan fingerprint density at radius 3 is 2.78 bits per heavy atom. The summed E-state index contributed by atoms with van der Waals surface area (Å²) in [5.41, 5.74) is -0.631. The molecule has 0 aliphatic carbocycles. The number of aryl methyl sites for hydroxylation is 1. The van der Waals surface area contributed by atoms with Crippen molar-refractivity contribution in [2.75, 3.05) is 38.1 Å². The molecule has 0 unspecified atom stereocenters. The summed E-state index contributed by atoms with van der Waals surface area (Å²) < 4.78 is 0. The molecule has 1 N–H and O–H groups in total. The number of anilines is 1. The molecule has 7 heteroatoms. The predicted molar refractivity (Wildman–Crippen MR) is 67.9 cm³/mol. The number of aromatic nitrogens is 2. The van der Waals surface area contributed by atoms with Gasteiger partial charge in [0.1, 0.15) is 10.4 Å². The quantitative estimate of drug-likeness (QED) is 0.832. The molecule has 0 amide bonds. The van der Waals surface area contributed by atoms with Gasteiger partial charge in [-0.2, -0.15) is 0 Å². The SMILES string of the molecule is Cc1nnc(N2C[C@@H]3CN(C)C[C@]3(C(=O)O)C2)s1. The third kappa shape index (κ3) is 1.61. The number of hydrogen-bond donors (Lipinski definition) is 1. The van der Waals surface area contributed by atoms with Crippen LogP contribution in [0.25, 0.3) is 0 Å². The van der Waals surface area contributed by atoms with E-state index in [1.807, 2.05) is 14.0 Å². The fourth-order valence-corrected chi connectivity index (χ4v) is 3.87. The molecule has 0 saturated carbocycles. The number of fused-ring (bicyclic) bond motifs is 1. The lowest BCUT2D eigenvalue weighted by molar-refractivity contribution is -0.148. The molecular weight excluding hydrogens is 252 g/mol. The van der Waals surface area contributed by atoms with E-state index in [1.165, 1.54) is 11.3 Å². The van der Waals surface area contributed by atoms with E-state index >= 15 is 0 Å². The molecule has 2 saturated heterocycles. The fraction of sp³-hybridized carbons (Fsp3) is 0.727. The molecule has 2 aliphatic heterocycles. The number of aliphatic carboxylic acids is 1. The van der Waals surface area contributed by atoms with E-state index in [9.17, 15) is 9.90 Å². The van der Waals surface area contributed by atoms with Gasteiger partial charge in [-0.3, -0.25) is 4.79 Å². The summed E-state index contributed by atoms with van der Waals surface area (Å²) in [5, 5.41) is 19.5. The van der Waals surface area contributed by atoms with Gasteiger partial charge in [0.15, 0.2) is 0 Å². The average Bonchev–Trinajstić information content (AvgIpc) is 2.89. The molecule has 2 aliphatic rings. The monoisotopic (exact) mass is 268 g/mol. The normalized spacial score (nSPS) is 31.9. The molecule has 0 bridgehead atoms. The van der Waals surface area contributed by atoms with Crippen LogP contribution < -0.4 is 4.90 Å². The molecule has 0 radical (unpaired) electrons. The molecule has 3 rings (SSSR count). The number of carboxylic acid groups (broad SMARTS) is 1. The lowest BCUT2D eigenvalue weighted by Crippen LogP contribution is -2.40. The highest BCUT2D eigenvalue weighted by Gasteiger charge is 2.57. The van der Waals surface area contributed by atoms with Gasteiger partial charge in [0, 0.05) is 32.1 Å². The van der Waals surface area contributed by atoms with Crippen LogP contribution in [-0.4, -0.2) is 59.4 Å². The summed E-state index contributed by atoms with van der Waals surface area (Å²) in [6.07, 6.45) is 0. The van der Waals surface area contributed by atoms with Gasteiger partial charge in [-0.25, -0.2) is 0 Å². The van der Waals surface area contributed by atoms with E-state index in [0.717, 1.165) is 23.2 Å².